The van der Waals surface area contributed by atoms with E-state index in [1.165, 1.54) is 11.3 Å². The number of anilines is 1. The lowest BCUT2D eigenvalue weighted by Gasteiger charge is -2.29. The predicted molar refractivity (Wildman–Crippen MR) is 101 cm³/mol. The van der Waals surface area contributed by atoms with Gasteiger partial charge in [-0.3, -0.25) is 4.79 Å². The Kier molecular flexibility index (Phi) is 4.99. The highest BCUT2D eigenvalue weighted by atomic mass is 32.1. The minimum atomic E-state index is -0.189. The number of benzene rings is 1. The van der Waals surface area contributed by atoms with Gasteiger partial charge >= 0.3 is 0 Å². The van der Waals surface area contributed by atoms with E-state index in [4.69, 9.17) is 14.2 Å². The third kappa shape index (κ3) is 3.78. The van der Waals surface area contributed by atoms with Crippen molar-refractivity contribution in [3.8, 4) is 17.2 Å². The summed E-state index contributed by atoms with van der Waals surface area (Å²) in [6.07, 6.45) is 2.35. The van der Waals surface area contributed by atoms with E-state index in [2.05, 4.69) is 17.3 Å². The number of carbonyl (C=O) groups excluding carboxylic acids is 1. The highest BCUT2D eigenvalue weighted by Gasteiger charge is 2.23. The Morgan fingerprint density at radius 3 is 2.69 bits per heavy atom. The van der Waals surface area contributed by atoms with Gasteiger partial charge in [-0.2, -0.15) is 0 Å². The normalized spacial score (nSPS) is 17.7. The number of thiophene rings is 1. The van der Waals surface area contributed by atoms with E-state index in [1.807, 2.05) is 29.6 Å². The average Bonchev–Trinajstić information content (AvgIpc) is 3.09. The summed E-state index contributed by atoms with van der Waals surface area (Å²) in [4.78, 5) is 15.4. The fraction of sp³-hybridized carbons (Fsp3) is 0.421. The molecule has 1 fully saturated rings. The lowest BCUT2D eigenvalue weighted by Crippen LogP contribution is -2.35. The molecule has 1 amide bonds. The summed E-state index contributed by atoms with van der Waals surface area (Å²) in [7, 11) is 2.13. The first-order chi connectivity index (χ1) is 12.7. The van der Waals surface area contributed by atoms with Gasteiger partial charge in [0, 0.05) is 24.2 Å². The maximum absolute atomic E-state index is 12.5. The minimum Gasteiger partial charge on any atom is -0.490 e. The Balaban J connectivity index is 1.36. The molecule has 26 heavy (non-hydrogen) atoms. The minimum absolute atomic E-state index is 0.189. The van der Waals surface area contributed by atoms with Crippen LogP contribution in [0, 0.1) is 0 Å². The molecule has 4 rings (SSSR count). The number of hydrogen-bond donors (Lipinski definition) is 1. The fourth-order valence-electron chi connectivity index (χ4n) is 3.12. The van der Waals surface area contributed by atoms with Crippen molar-refractivity contribution in [2.24, 2.45) is 0 Å². The summed E-state index contributed by atoms with van der Waals surface area (Å²) >= 11 is 1.33. The van der Waals surface area contributed by atoms with Crippen molar-refractivity contribution in [1.29, 1.82) is 0 Å². The Morgan fingerprint density at radius 2 is 1.92 bits per heavy atom. The van der Waals surface area contributed by atoms with Crippen LogP contribution in [-0.4, -0.2) is 50.3 Å². The molecule has 2 aromatic rings. The summed E-state index contributed by atoms with van der Waals surface area (Å²) in [5.74, 6) is 1.84. The number of likely N-dealkylation sites (tertiary alicyclic amines) is 1. The standard InChI is InChI=1S/C19H22N2O4S/c1-21-8-6-15(7-9-21)25-14-4-2-13(3-5-14)20-19(22)18-17-16(12-26-18)23-10-11-24-17/h2-5,12,15H,6-11H2,1H3,(H,20,22). The molecule has 0 aliphatic carbocycles. The number of hydrogen-bond acceptors (Lipinski definition) is 6. The number of carbonyl (C=O) groups is 1. The van der Waals surface area contributed by atoms with Gasteiger partial charge in [-0.15, -0.1) is 11.3 Å². The Morgan fingerprint density at radius 1 is 1.19 bits per heavy atom. The zero-order valence-corrected chi connectivity index (χ0v) is 15.5. The Bertz CT molecular complexity index is 766. The molecule has 1 aromatic carbocycles. The van der Waals surface area contributed by atoms with Crippen molar-refractivity contribution in [2.75, 3.05) is 38.7 Å². The first-order valence-corrected chi connectivity index (χ1v) is 9.71. The molecular formula is C19H22N2O4S. The maximum Gasteiger partial charge on any atom is 0.269 e. The molecule has 0 atom stereocenters. The van der Waals surface area contributed by atoms with Crippen LogP contribution in [-0.2, 0) is 0 Å². The van der Waals surface area contributed by atoms with Crippen molar-refractivity contribution in [2.45, 2.75) is 18.9 Å². The van der Waals surface area contributed by atoms with E-state index >= 15 is 0 Å². The Labute approximate surface area is 156 Å². The molecular weight excluding hydrogens is 352 g/mol. The SMILES string of the molecule is CN1CCC(Oc2ccc(NC(=O)c3scc4c3OCCO4)cc2)CC1. The smallest absolute Gasteiger partial charge is 0.269 e. The summed E-state index contributed by atoms with van der Waals surface area (Å²) in [5, 5.41) is 4.71. The third-order valence-electron chi connectivity index (χ3n) is 4.59. The second kappa shape index (κ2) is 7.55. The molecule has 0 bridgehead atoms. The van der Waals surface area contributed by atoms with Gasteiger partial charge in [-0.25, -0.2) is 0 Å². The van der Waals surface area contributed by atoms with Crippen molar-refractivity contribution >= 4 is 22.9 Å². The maximum atomic E-state index is 12.5. The van der Waals surface area contributed by atoms with Crippen molar-refractivity contribution in [3.05, 3.63) is 34.5 Å². The number of amides is 1. The van der Waals surface area contributed by atoms with Crippen LogP contribution in [0.5, 0.6) is 17.2 Å². The molecule has 2 aliphatic heterocycles. The summed E-state index contributed by atoms with van der Waals surface area (Å²) in [6, 6.07) is 7.52. The van der Waals surface area contributed by atoms with Crippen molar-refractivity contribution in [1.82, 2.24) is 4.90 Å². The van der Waals surface area contributed by atoms with Gasteiger partial charge in [0.2, 0.25) is 0 Å². The van der Waals surface area contributed by atoms with Crippen LogP contribution in [0.15, 0.2) is 29.6 Å². The van der Waals surface area contributed by atoms with E-state index < -0.39 is 0 Å². The molecule has 2 aliphatic rings. The molecule has 6 nitrogen and oxygen atoms in total. The summed E-state index contributed by atoms with van der Waals surface area (Å²) in [6.45, 7) is 3.11. The van der Waals surface area contributed by atoms with Crippen LogP contribution in [0.1, 0.15) is 22.5 Å². The van der Waals surface area contributed by atoms with Gasteiger partial charge in [-0.05, 0) is 44.2 Å². The summed E-state index contributed by atoms with van der Waals surface area (Å²) < 4.78 is 17.1. The van der Waals surface area contributed by atoms with E-state index in [-0.39, 0.29) is 12.0 Å². The average molecular weight is 374 g/mol. The highest BCUT2D eigenvalue weighted by molar-refractivity contribution is 7.13. The van der Waals surface area contributed by atoms with Crippen LogP contribution in [0.3, 0.4) is 0 Å². The van der Waals surface area contributed by atoms with E-state index in [0.717, 1.165) is 37.4 Å². The predicted octanol–water partition coefficient (Wildman–Crippen LogP) is 3.24. The lowest BCUT2D eigenvalue weighted by molar-refractivity contribution is 0.102. The number of nitrogens with one attached hydrogen (secondary N) is 1. The van der Waals surface area contributed by atoms with Gasteiger partial charge in [-0.1, -0.05) is 0 Å². The number of ether oxygens (including phenoxy) is 3. The fourth-order valence-corrected chi connectivity index (χ4v) is 3.94. The van der Waals surface area contributed by atoms with Gasteiger partial charge in [0.1, 0.15) is 29.9 Å². The van der Waals surface area contributed by atoms with Gasteiger partial charge < -0.3 is 24.4 Å². The molecule has 138 valence electrons. The number of fused-ring (bicyclic) bond motifs is 1. The largest absolute Gasteiger partial charge is 0.490 e. The molecule has 0 unspecified atom stereocenters. The molecule has 0 saturated carbocycles. The quantitative estimate of drug-likeness (QED) is 0.890. The lowest BCUT2D eigenvalue weighted by atomic mass is 10.1. The zero-order valence-electron chi connectivity index (χ0n) is 14.7. The molecule has 3 heterocycles. The van der Waals surface area contributed by atoms with Gasteiger partial charge in [0.25, 0.3) is 5.91 Å². The van der Waals surface area contributed by atoms with Crippen molar-refractivity contribution in [3.63, 3.8) is 0 Å². The molecule has 1 N–H and O–H groups in total. The second-order valence-electron chi connectivity index (χ2n) is 6.55. The molecule has 1 aromatic heterocycles. The van der Waals surface area contributed by atoms with Gasteiger partial charge in [0.15, 0.2) is 11.5 Å². The van der Waals surface area contributed by atoms with E-state index in [9.17, 15) is 4.79 Å². The summed E-state index contributed by atoms with van der Waals surface area (Å²) in [5.41, 5.74) is 0.726. The Hall–Kier alpha value is -2.25. The monoisotopic (exact) mass is 374 g/mol. The van der Waals surface area contributed by atoms with Crippen LogP contribution >= 0.6 is 11.3 Å². The molecule has 1 saturated heterocycles. The highest BCUT2D eigenvalue weighted by Crippen LogP contribution is 2.39. The van der Waals surface area contributed by atoms with E-state index in [0.29, 0.717) is 29.6 Å². The number of nitrogens with zero attached hydrogens (tertiary/aromatic N) is 1. The van der Waals surface area contributed by atoms with E-state index in [1.54, 1.807) is 0 Å². The third-order valence-corrected chi connectivity index (χ3v) is 5.53. The molecule has 0 radical (unpaired) electrons. The molecule has 0 spiro atoms. The van der Waals surface area contributed by atoms with Crippen LogP contribution in [0.4, 0.5) is 5.69 Å². The zero-order chi connectivity index (χ0) is 17.9. The number of piperidine rings is 1. The van der Waals surface area contributed by atoms with Crippen LogP contribution in [0.25, 0.3) is 0 Å². The number of rotatable bonds is 4. The first-order valence-electron chi connectivity index (χ1n) is 8.83. The second-order valence-corrected chi connectivity index (χ2v) is 7.43. The molecule has 7 heteroatoms. The van der Waals surface area contributed by atoms with Gasteiger partial charge in [0.05, 0.1) is 0 Å². The topological polar surface area (TPSA) is 60.0 Å². The van der Waals surface area contributed by atoms with Crippen molar-refractivity contribution < 1.29 is 19.0 Å². The first kappa shape index (κ1) is 17.2. The van der Waals surface area contributed by atoms with Crippen LogP contribution in [0.2, 0.25) is 0 Å². The van der Waals surface area contributed by atoms with Crippen LogP contribution < -0.4 is 19.5 Å².